The zero-order valence-corrected chi connectivity index (χ0v) is 16.7. The Hall–Kier alpha value is -0.880. The van der Waals surface area contributed by atoms with E-state index in [1.165, 1.54) is 18.4 Å². The standard InChI is InChI=1S/C20H31NO4S/c1-13-5-4-6-19(2)10-17-14(9-16(13)19)15(18(22)25-17)11-21-20(3)7-8-26(23,24)12-20/h14-17,21H,1,4-12H2,2-3H3/t14-,15?,16?,17-,19-,20?/m1/s1. The molecule has 6 atom stereocenters. The van der Waals surface area contributed by atoms with Crippen molar-refractivity contribution in [3.05, 3.63) is 12.2 Å². The van der Waals surface area contributed by atoms with Crippen LogP contribution in [0.1, 0.15) is 52.4 Å². The molecule has 4 aliphatic rings. The molecule has 1 N–H and O–H groups in total. The molecule has 4 rings (SSSR count). The summed E-state index contributed by atoms with van der Waals surface area (Å²) in [5.41, 5.74) is 1.14. The summed E-state index contributed by atoms with van der Waals surface area (Å²) in [6.07, 6.45) is 6.03. The molecule has 0 spiro atoms. The van der Waals surface area contributed by atoms with Crippen LogP contribution in [0, 0.1) is 23.2 Å². The summed E-state index contributed by atoms with van der Waals surface area (Å²) in [6, 6.07) is 0. The van der Waals surface area contributed by atoms with Crippen molar-refractivity contribution in [2.45, 2.75) is 64.0 Å². The molecule has 2 aliphatic carbocycles. The fourth-order valence-corrected chi connectivity index (χ4v) is 8.12. The largest absolute Gasteiger partial charge is 0.462 e. The molecule has 2 saturated carbocycles. The van der Waals surface area contributed by atoms with E-state index in [0.29, 0.717) is 18.9 Å². The minimum Gasteiger partial charge on any atom is -0.462 e. The molecule has 3 unspecified atom stereocenters. The number of nitrogens with one attached hydrogen (secondary N) is 1. The minimum atomic E-state index is -2.96. The Kier molecular flexibility index (Phi) is 4.31. The zero-order chi connectivity index (χ0) is 18.7. The smallest absolute Gasteiger partial charge is 0.310 e. The lowest BCUT2D eigenvalue weighted by Crippen LogP contribution is -2.49. The van der Waals surface area contributed by atoms with Crippen LogP contribution in [0.4, 0.5) is 0 Å². The normalized spacial score (nSPS) is 47.3. The average Bonchev–Trinajstić information content (AvgIpc) is 2.98. The summed E-state index contributed by atoms with van der Waals surface area (Å²) in [5.74, 6) is 0.830. The van der Waals surface area contributed by atoms with E-state index in [9.17, 15) is 13.2 Å². The van der Waals surface area contributed by atoms with Gasteiger partial charge in [0.2, 0.25) is 0 Å². The predicted molar refractivity (Wildman–Crippen MR) is 100 cm³/mol. The van der Waals surface area contributed by atoms with Crippen LogP contribution in [-0.2, 0) is 19.4 Å². The van der Waals surface area contributed by atoms with Crippen molar-refractivity contribution in [1.29, 1.82) is 0 Å². The Labute approximate surface area is 156 Å². The summed E-state index contributed by atoms with van der Waals surface area (Å²) in [5, 5.41) is 3.41. The summed E-state index contributed by atoms with van der Waals surface area (Å²) in [7, 11) is -2.96. The fourth-order valence-electron chi connectivity index (χ4n) is 6.00. The molecule has 4 fully saturated rings. The Morgan fingerprint density at radius 3 is 2.77 bits per heavy atom. The topological polar surface area (TPSA) is 72.5 Å². The van der Waals surface area contributed by atoms with Gasteiger partial charge >= 0.3 is 5.97 Å². The summed E-state index contributed by atoms with van der Waals surface area (Å²) in [4.78, 5) is 12.6. The number of sulfone groups is 1. The van der Waals surface area contributed by atoms with Crippen molar-refractivity contribution in [3.8, 4) is 0 Å². The van der Waals surface area contributed by atoms with Gasteiger partial charge in [0.1, 0.15) is 6.10 Å². The van der Waals surface area contributed by atoms with Gasteiger partial charge in [-0.25, -0.2) is 8.42 Å². The van der Waals surface area contributed by atoms with Crippen LogP contribution in [-0.4, -0.2) is 44.1 Å². The van der Waals surface area contributed by atoms with Crippen molar-refractivity contribution in [2.24, 2.45) is 23.2 Å². The molecule has 146 valence electrons. The van der Waals surface area contributed by atoms with Crippen molar-refractivity contribution in [1.82, 2.24) is 5.32 Å². The third-order valence-electron chi connectivity index (χ3n) is 7.57. The maximum Gasteiger partial charge on any atom is 0.310 e. The maximum atomic E-state index is 12.6. The van der Waals surface area contributed by atoms with E-state index in [1.807, 2.05) is 6.92 Å². The predicted octanol–water partition coefficient (Wildman–Crippen LogP) is 2.47. The second-order valence-corrected chi connectivity index (χ2v) is 11.9. The van der Waals surface area contributed by atoms with Crippen molar-refractivity contribution < 1.29 is 17.9 Å². The zero-order valence-electron chi connectivity index (χ0n) is 15.9. The van der Waals surface area contributed by atoms with Gasteiger partial charge in [-0.1, -0.05) is 19.1 Å². The highest BCUT2D eigenvalue weighted by atomic mass is 32.2. The Morgan fingerprint density at radius 2 is 2.08 bits per heavy atom. The first-order valence-corrected chi connectivity index (χ1v) is 11.8. The van der Waals surface area contributed by atoms with Gasteiger partial charge in [-0.15, -0.1) is 0 Å². The molecule has 5 nitrogen and oxygen atoms in total. The molecule has 0 radical (unpaired) electrons. The van der Waals surface area contributed by atoms with Crippen molar-refractivity contribution >= 4 is 15.8 Å². The van der Waals surface area contributed by atoms with Crippen molar-refractivity contribution in [2.75, 3.05) is 18.1 Å². The van der Waals surface area contributed by atoms with Gasteiger partial charge in [-0.2, -0.15) is 0 Å². The molecule has 2 saturated heterocycles. The number of ether oxygens (including phenoxy) is 1. The first kappa shape index (κ1) is 18.5. The number of hydrogen-bond acceptors (Lipinski definition) is 5. The summed E-state index contributed by atoms with van der Waals surface area (Å²) in [6.45, 7) is 9.14. The molecule has 0 aromatic carbocycles. The van der Waals surface area contributed by atoms with Gasteiger partial charge in [-0.3, -0.25) is 4.79 Å². The number of carbonyl (C=O) groups excluding carboxylic acids is 1. The van der Waals surface area contributed by atoms with E-state index in [4.69, 9.17) is 4.74 Å². The molecule has 0 bridgehead atoms. The third kappa shape index (κ3) is 3.13. The van der Waals surface area contributed by atoms with Gasteiger partial charge in [0.05, 0.1) is 17.4 Å². The van der Waals surface area contributed by atoms with E-state index >= 15 is 0 Å². The van der Waals surface area contributed by atoms with Gasteiger partial charge in [0, 0.05) is 18.0 Å². The lowest BCUT2D eigenvalue weighted by Gasteiger charge is -2.50. The third-order valence-corrected chi connectivity index (χ3v) is 9.48. The highest BCUT2D eigenvalue weighted by Crippen LogP contribution is 2.56. The number of allylic oxidation sites excluding steroid dienone is 1. The Morgan fingerprint density at radius 1 is 1.31 bits per heavy atom. The SMILES string of the molecule is C=C1CCC[C@]2(C)C[C@H]3OC(=O)C(CNC4(C)CCS(=O)(=O)C4)[C@H]3CC12. The summed E-state index contributed by atoms with van der Waals surface area (Å²) >= 11 is 0. The van der Waals surface area contributed by atoms with Crippen LogP contribution in [0.5, 0.6) is 0 Å². The molecule has 0 amide bonds. The Balaban J connectivity index is 1.47. The van der Waals surface area contributed by atoms with E-state index in [0.717, 1.165) is 19.3 Å². The quantitative estimate of drug-likeness (QED) is 0.601. The number of rotatable bonds is 3. The number of hydrogen-bond donors (Lipinski definition) is 1. The first-order chi connectivity index (χ1) is 12.1. The van der Waals surface area contributed by atoms with Gasteiger partial charge in [-0.05, 0) is 56.8 Å². The van der Waals surface area contributed by atoms with Gasteiger partial charge < -0.3 is 10.1 Å². The van der Waals surface area contributed by atoms with Crippen LogP contribution >= 0.6 is 0 Å². The molecule has 0 aromatic rings. The number of fused-ring (bicyclic) bond motifs is 2. The minimum absolute atomic E-state index is 0.0153. The second-order valence-electron chi connectivity index (χ2n) is 9.69. The van der Waals surface area contributed by atoms with Crippen LogP contribution < -0.4 is 5.32 Å². The molecule has 2 heterocycles. The van der Waals surface area contributed by atoms with Gasteiger partial charge in [0.25, 0.3) is 0 Å². The average molecular weight is 382 g/mol. The van der Waals surface area contributed by atoms with E-state index < -0.39 is 15.4 Å². The van der Waals surface area contributed by atoms with Gasteiger partial charge in [0.15, 0.2) is 9.84 Å². The van der Waals surface area contributed by atoms with Crippen molar-refractivity contribution in [3.63, 3.8) is 0 Å². The van der Waals surface area contributed by atoms with Crippen LogP contribution in [0.15, 0.2) is 12.2 Å². The van der Waals surface area contributed by atoms with E-state index in [1.54, 1.807) is 0 Å². The monoisotopic (exact) mass is 381 g/mol. The van der Waals surface area contributed by atoms with E-state index in [-0.39, 0.29) is 40.8 Å². The first-order valence-electron chi connectivity index (χ1n) is 9.95. The van der Waals surface area contributed by atoms with Crippen LogP contribution in [0.3, 0.4) is 0 Å². The molecule has 2 aliphatic heterocycles. The number of carbonyl (C=O) groups is 1. The lowest BCUT2D eigenvalue weighted by molar-refractivity contribution is -0.146. The highest BCUT2D eigenvalue weighted by Gasteiger charge is 2.55. The Bertz CT molecular complexity index is 732. The molecule has 0 aromatic heterocycles. The molecule has 6 heteroatoms. The molecule has 26 heavy (non-hydrogen) atoms. The van der Waals surface area contributed by atoms with E-state index in [2.05, 4.69) is 18.8 Å². The van der Waals surface area contributed by atoms with Crippen LogP contribution in [0.2, 0.25) is 0 Å². The molecular weight excluding hydrogens is 350 g/mol. The highest BCUT2D eigenvalue weighted by molar-refractivity contribution is 7.91. The maximum absolute atomic E-state index is 12.6. The van der Waals surface area contributed by atoms with Crippen LogP contribution in [0.25, 0.3) is 0 Å². The molecular formula is C20H31NO4S. The second kappa shape index (κ2) is 6.06. The summed E-state index contributed by atoms with van der Waals surface area (Å²) < 4.78 is 29.4. The fraction of sp³-hybridized carbons (Fsp3) is 0.850. The lowest BCUT2D eigenvalue weighted by atomic mass is 9.55. The number of esters is 1.